The van der Waals surface area contributed by atoms with Crippen molar-refractivity contribution in [1.82, 2.24) is 5.16 Å². The van der Waals surface area contributed by atoms with Gasteiger partial charge < -0.3 is 4.52 Å². The van der Waals surface area contributed by atoms with Gasteiger partial charge in [0, 0.05) is 17.5 Å². The Labute approximate surface area is 124 Å². The molecule has 1 aromatic heterocycles. The van der Waals surface area contributed by atoms with Crippen LogP contribution in [0.15, 0.2) is 33.8 Å². The zero-order valence-corrected chi connectivity index (χ0v) is 12.1. The number of rotatable bonds is 5. The van der Waals surface area contributed by atoms with Crippen LogP contribution < -0.4 is 0 Å². The molecule has 1 saturated carbocycles. The van der Waals surface area contributed by atoms with E-state index < -0.39 is 4.92 Å². The first kappa shape index (κ1) is 13.8. The molecule has 6 nitrogen and oxygen atoms in total. The number of hydrogen-bond donors (Lipinski definition) is 0. The van der Waals surface area contributed by atoms with Crippen molar-refractivity contribution in [3.05, 3.63) is 51.4 Å². The summed E-state index contributed by atoms with van der Waals surface area (Å²) in [7, 11) is 0. The highest BCUT2D eigenvalue weighted by Gasteiger charge is 2.33. The highest BCUT2D eigenvalue weighted by molar-refractivity contribution is 7.98. The summed E-state index contributed by atoms with van der Waals surface area (Å²) < 4.78 is 5.17. The predicted octanol–water partition coefficient (Wildman–Crippen LogP) is 3.41. The van der Waals surface area contributed by atoms with Crippen LogP contribution in [0.3, 0.4) is 0 Å². The normalized spacial score (nSPS) is 14.1. The maximum Gasteiger partial charge on any atom is 0.283 e. The van der Waals surface area contributed by atoms with Gasteiger partial charge in [0.15, 0.2) is 11.5 Å². The molecule has 0 spiro atoms. The molecule has 0 saturated heterocycles. The van der Waals surface area contributed by atoms with Crippen molar-refractivity contribution in [3.8, 4) is 0 Å². The fourth-order valence-electron chi connectivity index (χ4n) is 2.27. The first-order valence-corrected chi connectivity index (χ1v) is 7.66. The van der Waals surface area contributed by atoms with Crippen LogP contribution >= 0.6 is 11.8 Å². The molecule has 0 amide bonds. The van der Waals surface area contributed by atoms with Crippen LogP contribution in [-0.4, -0.2) is 22.1 Å². The summed E-state index contributed by atoms with van der Waals surface area (Å²) >= 11 is 1.19. The molecule has 1 aromatic carbocycles. The van der Waals surface area contributed by atoms with Crippen molar-refractivity contribution in [2.24, 2.45) is 0 Å². The van der Waals surface area contributed by atoms with Gasteiger partial charge in [0.25, 0.3) is 5.69 Å². The van der Waals surface area contributed by atoms with Crippen molar-refractivity contribution in [2.75, 3.05) is 6.26 Å². The second-order valence-electron chi connectivity index (χ2n) is 4.82. The first-order chi connectivity index (χ1) is 10.1. The van der Waals surface area contributed by atoms with E-state index in [9.17, 15) is 14.9 Å². The predicted molar refractivity (Wildman–Crippen MR) is 76.8 cm³/mol. The van der Waals surface area contributed by atoms with Crippen molar-refractivity contribution in [3.63, 3.8) is 0 Å². The molecule has 1 heterocycles. The number of benzene rings is 1. The zero-order chi connectivity index (χ0) is 15.0. The van der Waals surface area contributed by atoms with E-state index in [0.717, 1.165) is 12.8 Å². The molecule has 1 fully saturated rings. The molecule has 21 heavy (non-hydrogen) atoms. The smallest absolute Gasteiger partial charge is 0.283 e. The second kappa shape index (κ2) is 5.33. The lowest BCUT2D eigenvalue weighted by Gasteiger charge is -2.06. The Morgan fingerprint density at radius 1 is 1.43 bits per heavy atom. The lowest BCUT2D eigenvalue weighted by molar-refractivity contribution is -0.387. The number of nitro groups is 1. The molecule has 2 aromatic rings. The van der Waals surface area contributed by atoms with Crippen LogP contribution in [-0.2, 0) is 0 Å². The van der Waals surface area contributed by atoms with E-state index in [1.54, 1.807) is 12.3 Å². The van der Waals surface area contributed by atoms with E-state index in [1.807, 2.05) is 0 Å². The van der Waals surface area contributed by atoms with E-state index in [0.29, 0.717) is 21.8 Å². The number of thioether (sulfide) groups is 1. The van der Waals surface area contributed by atoms with Crippen LogP contribution in [0.25, 0.3) is 0 Å². The van der Waals surface area contributed by atoms with E-state index in [4.69, 9.17) is 4.52 Å². The topological polar surface area (TPSA) is 86.2 Å². The van der Waals surface area contributed by atoms with Gasteiger partial charge in [-0.15, -0.1) is 11.8 Å². The molecule has 0 bridgehead atoms. The molecule has 108 valence electrons. The van der Waals surface area contributed by atoms with Gasteiger partial charge in [-0.2, -0.15) is 0 Å². The number of carbonyl (C=O) groups excluding carboxylic acids is 1. The SMILES string of the molecule is CSc1c(C(=O)c2cnoc2C2CC2)cccc1[N+](=O)[O-]. The highest BCUT2D eigenvalue weighted by atomic mass is 32.2. The van der Waals surface area contributed by atoms with Gasteiger partial charge in [-0.25, -0.2) is 0 Å². The van der Waals surface area contributed by atoms with E-state index >= 15 is 0 Å². The Morgan fingerprint density at radius 3 is 2.81 bits per heavy atom. The fraction of sp³-hybridized carbons (Fsp3) is 0.286. The number of carbonyl (C=O) groups is 1. The van der Waals surface area contributed by atoms with Gasteiger partial charge >= 0.3 is 0 Å². The molecule has 0 atom stereocenters. The lowest BCUT2D eigenvalue weighted by atomic mass is 10.0. The van der Waals surface area contributed by atoms with E-state index in [2.05, 4.69) is 5.16 Å². The molecule has 0 N–H and O–H groups in total. The average Bonchev–Trinajstić information content (AvgIpc) is 3.22. The van der Waals surface area contributed by atoms with Crippen LogP contribution in [0.5, 0.6) is 0 Å². The Hall–Kier alpha value is -2.15. The minimum atomic E-state index is -0.474. The largest absolute Gasteiger partial charge is 0.360 e. The van der Waals surface area contributed by atoms with Gasteiger partial charge in [-0.1, -0.05) is 11.2 Å². The molecule has 1 aliphatic carbocycles. The summed E-state index contributed by atoms with van der Waals surface area (Å²) in [6.45, 7) is 0. The lowest BCUT2D eigenvalue weighted by Crippen LogP contribution is -2.06. The summed E-state index contributed by atoms with van der Waals surface area (Å²) in [5, 5.41) is 14.8. The molecular weight excluding hydrogens is 292 g/mol. The first-order valence-electron chi connectivity index (χ1n) is 6.44. The Balaban J connectivity index is 2.07. The van der Waals surface area contributed by atoms with Crippen LogP contribution in [0.1, 0.15) is 40.4 Å². The third kappa shape index (κ3) is 2.44. The quantitative estimate of drug-likeness (QED) is 0.364. The van der Waals surface area contributed by atoms with Gasteiger partial charge in [-0.3, -0.25) is 14.9 Å². The third-order valence-electron chi connectivity index (χ3n) is 3.43. The molecular formula is C14H12N2O4S. The van der Waals surface area contributed by atoms with E-state index in [1.165, 1.54) is 30.1 Å². The minimum absolute atomic E-state index is 0.0576. The zero-order valence-electron chi connectivity index (χ0n) is 11.2. The molecule has 0 radical (unpaired) electrons. The minimum Gasteiger partial charge on any atom is -0.360 e. The maximum absolute atomic E-state index is 12.7. The fourth-order valence-corrected chi connectivity index (χ4v) is 3.00. The number of aromatic nitrogens is 1. The van der Waals surface area contributed by atoms with Crippen molar-refractivity contribution < 1.29 is 14.2 Å². The summed E-state index contributed by atoms with van der Waals surface area (Å²) in [5.41, 5.74) is 0.674. The maximum atomic E-state index is 12.7. The summed E-state index contributed by atoms with van der Waals surface area (Å²) in [6, 6.07) is 4.53. The van der Waals surface area contributed by atoms with Gasteiger partial charge in [0.1, 0.15) is 0 Å². The Morgan fingerprint density at radius 2 is 2.19 bits per heavy atom. The number of nitrogens with zero attached hydrogens (tertiary/aromatic N) is 2. The number of nitro benzene ring substituents is 1. The van der Waals surface area contributed by atoms with Gasteiger partial charge in [0.2, 0.25) is 0 Å². The third-order valence-corrected chi connectivity index (χ3v) is 4.27. The van der Waals surface area contributed by atoms with Crippen molar-refractivity contribution in [1.29, 1.82) is 0 Å². The van der Waals surface area contributed by atoms with Gasteiger partial charge in [-0.05, 0) is 25.2 Å². The van der Waals surface area contributed by atoms with Crippen LogP contribution in [0.4, 0.5) is 5.69 Å². The van der Waals surface area contributed by atoms with Crippen LogP contribution in [0.2, 0.25) is 0 Å². The number of ketones is 1. The monoisotopic (exact) mass is 304 g/mol. The van der Waals surface area contributed by atoms with E-state index in [-0.39, 0.29) is 17.4 Å². The molecule has 0 aliphatic heterocycles. The number of hydrogen-bond acceptors (Lipinski definition) is 6. The second-order valence-corrected chi connectivity index (χ2v) is 5.64. The highest BCUT2D eigenvalue weighted by Crippen LogP contribution is 2.42. The van der Waals surface area contributed by atoms with Crippen molar-refractivity contribution >= 4 is 23.2 Å². The standard InChI is InChI=1S/C14H12N2O4S/c1-21-14-9(3-2-4-11(14)16(18)19)12(17)10-7-15-20-13(10)8-5-6-8/h2-4,7-8H,5-6H2,1H3. The summed E-state index contributed by atoms with van der Waals surface area (Å²) in [4.78, 5) is 23.7. The van der Waals surface area contributed by atoms with Crippen molar-refractivity contribution in [2.45, 2.75) is 23.7 Å². The Bertz CT molecular complexity index is 722. The summed E-state index contributed by atoms with van der Waals surface area (Å²) in [5.74, 6) is 0.577. The average molecular weight is 304 g/mol. The Kier molecular flexibility index (Phi) is 3.50. The molecule has 0 unspecified atom stereocenters. The molecule has 3 rings (SSSR count). The van der Waals surface area contributed by atoms with Crippen LogP contribution in [0, 0.1) is 10.1 Å². The molecule has 7 heteroatoms. The van der Waals surface area contributed by atoms with Gasteiger partial charge in [0.05, 0.1) is 21.6 Å². The summed E-state index contributed by atoms with van der Waals surface area (Å²) in [6.07, 6.45) is 5.09. The molecule has 1 aliphatic rings.